The maximum atomic E-state index is 5.40. The molecule has 1 aromatic rings. The van der Waals surface area contributed by atoms with E-state index in [0.717, 1.165) is 0 Å². The van der Waals surface area contributed by atoms with Gasteiger partial charge in [-0.05, 0) is 12.1 Å². The number of nitrogens with one attached hydrogen (secondary N) is 1. The van der Waals surface area contributed by atoms with Crippen molar-refractivity contribution >= 4 is 41.2 Å². The topological polar surface area (TPSA) is 15.8 Å². The molecule has 0 radical (unpaired) electrons. The van der Waals surface area contributed by atoms with E-state index in [0.29, 0.717) is 5.15 Å². The molecule has 0 aliphatic heterocycles. The van der Waals surface area contributed by atoms with E-state index in [1.165, 1.54) is 0 Å². The summed E-state index contributed by atoms with van der Waals surface area (Å²) in [4.78, 5) is 2.77. The number of halogens is 1. The van der Waals surface area contributed by atoms with Crippen LogP contribution in [0.25, 0.3) is 0 Å². The molecule has 0 aliphatic carbocycles. The van der Waals surface area contributed by atoms with Crippen molar-refractivity contribution in [2.24, 2.45) is 0 Å². The first-order valence-corrected chi connectivity index (χ1v) is 2.06. The maximum absolute atomic E-state index is 5.40. The molecule has 1 aromatic heterocycles. The van der Waals surface area contributed by atoms with E-state index in [1.807, 2.05) is 6.07 Å². The number of aromatic amines is 1. The van der Waals surface area contributed by atoms with Crippen molar-refractivity contribution in [2.45, 2.75) is 0 Å². The molecule has 0 atom stereocenters. The van der Waals surface area contributed by atoms with Gasteiger partial charge in [0, 0.05) is 6.20 Å². The van der Waals surface area contributed by atoms with Gasteiger partial charge in [0.05, 0.1) is 0 Å². The molecule has 0 saturated heterocycles. The zero-order chi connectivity index (χ0) is 4.41. The summed E-state index contributed by atoms with van der Waals surface area (Å²) in [7, 11) is 0. The number of hydrogen-bond acceptors (Lipinski definition) is 0. The van der Waals surface area contributed by atoms with Crippen LogP contribution in [0.3, 0.4) is 0 Å². The third-order valence-corrected chi connectivity index (χ3v) is 0.795. The molecule has 3 heteroatoms. The van der Waals surface area contributed by atoms with Crippen LogP contribution >= 0.6 is 11.6 Å². The molecule has 1 nitrogen and oxygen atoms in total. The first-order chi connectivity index (χ1) is 2.89. The summed E-state index contributed by atoms with van der Waals surface area (Å²) in [5, 5.41) is 0.690. The van der Waals surface area contributed by atoms with E-state index in [2.05, 4.69) is 4.98 Å². The van der Waals surface area contributed by atoms with Gasteiger partial charge in [0.25, 0.3) is 0 Å². The minimum absolute atomic E-state index is 0. The summed E-state index contributed by atoms with van der Waals surface area (Å²) in [6.45, 7) is 0. The van der Waals surface area contributed by atoms with Crippen LogP contribution in [0.2, 0.25) is 5.15 Å². The third-order valence-electron chi connectivity index (χ3n) is 0.560. The van der Waals surface area contributed by atoms with E-state index in [9.17, 15) is 0 Å². The number of hydrogen-bond donors (Lipinski definition) is 1. The van der Waals surface area contributed by atoms with E-state index < -0.39 is 0 Å². The fourth-order valence-corrected chi connectivity index (χ4v) is 0.444. The Morgan fingerprint density at radius 1 is 1.57 bits per heavy atom. The van der Waals surface area contributed by atoms with E-state index in [1.54, 1.807) is 12.3 Å². The summed E-state index contributed by atoms with van der Waals surface area (Å²) in [5.74, 6) is 0. The Bertz CT molecular complexity index is 115. The molecule has 0 aliphatic rings. The molecule has 34 valence electrons. The van der Waals surface area contributed by atoms with Crippen molar-refractivity contribution < 1.29 is 0 Å². The number of rotatable bonds is 0. The number of aromatic nitrogens is 1. The minimum atomic E-state index is 0. The Hall–Kier alpha value is 0.570. The fraction of sp³-hybridized carbons (Fsp3) is 0. The standard InChI is InChI=1S/C4H4ClN.Na.H/c5-4-2-1-3-6-4;;/h1-3,6H;;. The van der Waals surface area contributed by atoms with Gasteiger partial charge in [0.15, 0.2) is 0 Å². The first-order valence-electron chi connectivity index (χ1n) is 1.68. The summed E-state index contributed by atoms with van der Waals surface area (Å²) in [6.07, 6.45) is 1.78. The monoisotopic (exact) mass is 125 g/mol. The Morgan fingerprint density at radius 2 is 2.29 bits per heavy atom. The van der Waals surface area contributed by atoms with Gasteiger partial charge in [-0.25, -0.2) is 0 Å². The van der Waals surface area contributed by atoms with Crippen molar-refractivity contribution in [3.8, 4) is 0 Å². The Morgan fingerprint density at radius 3 is 2.43 bits per heavy atom. The molecule has 0 aromatic carbocycles. The summed E-state index contributed by atoms with van der Waals surface area (Å²) in [6, 6.07) is 3.64. The van der Waals surface area contributed by atoms with Crippen LogP contribution in [0.15, 0.2) is 18.3 Å². The quantitative estimate of drug-likeness (QED) is 0.499. The molecule has 0 fully saturated rings. The SMILES string of the molecule is Clc1ccc[nH]1.[NaH]. The molecule has 1 rings (SSSR count). The van der Waals surface area contributed by atoms with Gasteiger partial charge in [-0.15, -0.1) is 0 Å². The predicted octanol–water partition coefficient (Wildman–Crippen LogP) is 1.02. The molecule has 0 saturated carbocycles. The van der Waals surface area contributed by atoms with Gasteiger partial charge < -0.3 is 4.98 Å². The van der Waals surface area contributed by atoms with Crippen molar-refractivity contribution in [2.75, 3.05) is 0 Å². The van der Waals surface area contributed by atoms with Gasteiger partial charge in [0.1, 0.15) is 5.15 Å². The summed E-state index contributed by atoms with van der Waals surface area (Å²) in [5.41, 5.74) is 0. The molecule has 1 N–H and O–H groups in total. The molecular formula is C4H5ClNNa. The van der Waals surface area contributed by atoms with Gasteiger partial charge in [-0.3, -0.25) is 0 Å². The second-order valence-electron chi connectivity index (χ2n) is 1.02. The van der Waals surface area contributed by atoms with Crippen LogP contribution in [-0.4, -0.2) is 34.5 Å². The van der Waals surface area contributed by atoms with Gasteiger partial charge >= 0.3 is 29.6 Å². The van der Waals surface area contributed by atoms with Gasteiger partial charge in [-0.2, -0.15) is 0 Å². The second kappa shape index (κ2) is 3.56. The van der Waals surface area contributed by atoms with Gasteiger partial charge in [0.2, 0.25) is 0 Å². The van der Waals surface area contributed by atoms with Crippen molar-refractivity contribution in [1.82, 2.24) is 4.98 Å². The Kier molecular flexibility index (Phi) is 3.85. The Labute approximate surface area is 69.4 Å². The average molecular weight is 126 g/mol. The molecule has 0 unspecified atom stereocenters. The normalized spacial score (nSPS) is 7.57. The van der Waals surface area contributed by atoms with Crippen molar-refractivity contribution in [3.63, 3.8) is 0 Å². The summed E-state index contributed by atoms with van der Waals surface area (Å²) >= 11 is 5.40. The molecule has 1 heterocycles. The third kappa shape index (κ3) is 2.39. The molecule has 0 amide bonds. The van der Waals surface area contributed by atoms with Crippen LogP contribution in [0.4, 0.5) is 0 Å². The Balaban J connectivity index is 0.000000360. The first kappa shape index (κ1) is 7.57. The van der Waals surface area contributed by atoms with E-state index in [-0.39, 0.29) is 29.6 Å². The van der Waals surface area contributed by atoms with Crippen LogP contribution in [0.1, 0.15) is 0 Å². The second-order valence-corrected chi connectivity index (χ2v) is 1.43. The molecule has 0 spiro atoms. The van der Waals surface area contributed by atoms with Crippen LogP contribution in [0, 0.1) is 0 Å². The van der Waals surface area contributed by atoms with E-state index >= 15 is 0 Å². The van der Waals surface area contributed by atoms with Crippen molar-refractivity contribution in [3.05, 3.63) is 23.5 Å². The summed E-state index contributed by atoms with van der Waals surface area (Å²) < 4.78 is 0. The van der Waals surface area contributed by atoms with Crippen LogP contribution in [-0.2, 0) is 0 Å². The number of H-pyrrole nitrogens is 1. The zero-order valence-corrected chi connectivity index (χ0v) is 3.87. The van der Waals surface area contributed by atoms with Crippen molar-refractivity contribution in [1.29, 1.82) is 0 Å². The van der Waals surface area contributed by atoms with Crippen LogP contribution in [0.5, 0.6) is 0 Å². The van der Waals surface area contributed by atoms with Crippen LogP contribution < -0.4 is 0 Å². The predicted molar refractivity (Wildman–Crippen MR) is 33.0 cm³/mol. The zero-order valence-electron chi connectivity index (χ0n) is 3.11. The molecular weight excluding hydrogens is 120 g/mol. The fourth-order valence-electron chi connectivity index (χ4n) is 0.308. The molecule has 7 heavy (non-hydrogen) atoms. The van der Waals surface area contributed by atoms with E-state index in [4.69, 9.17) is 11.6 Å². The average Bonchev–Trinajstić information content (AvgIpc) is 1.86. The molecule has 0 bridgehead atoms. The van der Waals surface area contributed by atoms with Gasteiger partial charge in [-0.1, -0.05) is 11.6 Å².